The van der Waals surface area contributed by atoms with Gasteiger partial charge in [-0.15, -0.1) is 0 Å². The second-order valence-electron chi connectivity index (χ2n) is 6.63. The summed E-state index contributed by atoms with van der Waals surface area (Å²) in [6.07, 6.45) is 6.19. The fourth-order valence-corrected chi connectivity index (χ4v) is 3.00. The number of H-pyrrole nitrogens is 1. The van der Waals surface area contributed by atoms with Crippen LogP contribution in [0.4, 0.5) is 0 Å². The summed E-state index contributed by atoms with van der Waals surface area (Å²) < 4.78 is -0.143. The van der Waals surface area contributed by atoms with Crippen molar-refractivity contribution < 1.29 is 14.1 Å². The van der Waals surface area contributed by atoms with Gasteiger partial charge in [0, 0.05) is 40.1 Å². The molecule has 0 bridgehead atoms. The summed E-state index contributed by atoms with van der Waals surface area (Å²) in [5.41, 5.74) is 3.80. The first-order chi connectivity index (χ1) is 12.5. The highest BCUT2D eigenvalue weighted by atomic mass is 16.2. The number of pyridine rings is 1. The smallest absolute Gasteiger partial charge is 0.355 e. The maximum atomic E-state index is 13.0. The van der Waals surface area contributed by atoms with Crippen LogP contribution in [0.5, 0.6) is 0 Å². The van der Waals surface area contributed by atoms with Crippen molar-refractivity contribution in [2.75, 3.05) is 14.1 Å². The van der Waals surface area contributed by atoms with Gasteiger partial charge in [0.05, 0.1) is 20.3 Å². The van der Waals surface area contributed by atoms with E-state index in [2.05, 4.69) is 15.0 Å². The Morgan fingerprint density at radius 2 is 1.85 bits per heavy atom. The lowest BCUT2D eigenvalue weighted by atomic mass is 10.0. The summed E-state index contributed by atoms with van der Waals surface area (Å²) in [6.45, 7) is 0. The van der Waals surface area contributed by atoms with Crippen molar-refractivity contribution in [3.63, 3.8) is 0 Å². The quantitative estimate of drug-likeness (QED) is 0.586. The summed E-state index contributed by atoms with van der Waals surface area (Å²) in [5.74, 6) is -0.424. The van der Waals surface area contributed by atoms with Crippen molar-refractivity contribution in [2.24, 2.45) is 4.99 Å². The summed E-state index contributed by atoms with van der Waals surface area (Å²) in [6, 6.07) is 11.3. The Balaban J connectivity index is 1.74. The minimum absolute atomic E-state index is 0.143. The van der Waals surface area contributed by atoms with Gasteiger partial charge in [0.2, 0.25) is 11.5 Å². The van der Waals surface area contributed by atoms with Crippen LogP contribution in [0.2, 0.25) is 0 Å². The number of benzene rings is 1. The van der Waals surface area contributed by atoms with Gasteiger partial charge in [-0.05, 0) is 36.4 Å². The largest absolute Gasteiger partial charge is 0.361 e. The molecule has 6 nitrogen and oxygen atoms in total. The zero-order chi connectivity index (χ0) is 18.3. The molecule has 1 aromatic carbocycles. The number of amides is 1. The number of aromatic amines is 1. The molecule has 0 atom stereocenters. The van der Waals surface area contributed by atoms with Gasteiger partial charge in [-0.3, -0.25) is 9.78 Å². The molecule has 0 spiro atoms. The predicted molar refractivity (Wildman–Crippen MR) is 99.6 cm³/mol. The van der Waals surface area contributed by atoms with E-state index in [4.69, 9.17) is 0 Å². The highest BCUT2D eigenvalue weighted by Gasteiger charge is 2.37. The van der Waals surface area contributed by atoms with E-state index in [1.54, 1.807) is 32.6 Å². The van der Waals surface area contributed by atoms with Crippen molar-refractivity contribution in [2.45, 2.75) is 0 Å². The number of rotatable bonds is 3. The predicted octanol–water partition coefficient (Wildman–Crippen LogP) is 2.94. The van der Waals surface area contributed by atoms with E-state index in [0.29, 0.717) is 11.3 Å². The number of aromatic nitrogens is 2. The molecule has 0 unspecified atom stereocenters. The monoisotopic (exact) mass is 345 g/mol. The molecule has 4 rings (SSSR count). The molecule has 6 heteroatoms. The standard InChI is InChI=1S/C20H16N4O2/c1-24(2)18(11-22-12-19(24)25)20(26)14-3-4-16-15(9-14)10-17(23-16)13-5-7-21-8-6-13/h3-12H,1-2H3/p+1. The van der Waals surface area contributed by atoms with Gasteiger partial charge in [-0.2, -0.15) is 0 Å². The van der Waals surface area contributed by atoms with Crippen LogP contribution in [0.1, 0.15) is 10.4 Å². The van der Waals surface area contributed by atoms with Gasteiger partial charge in [-0.25, -0.2) is 14.3 Å². The highest BCUT2D eigenvalue weighted by molar-refractivity contribution is 6.25. The highest BCUT2D eigenvalue weighted by Crippen LogP contribution is 2.27. The molecule has 1 amide bonds. The topological polar surface area (TPSA) is 75.2 Å². The lowest BCUT2D eigenvalue weighted by Crippen LogP contribution is -2.48. The molecule has 0 radical (unpaired) electrons. The molecule has 128 valence electrons. The molecule has 1 aliphatic rings. The number of fused-ring (bicyclic) bond motifs is 1. The number of carbonyl (C=O) groups is 2. The van der Waals surface area contributed by atoms with Gasteiger partial charge in [0.25, 0.3) is 0 Å². The Bertz CT molecular complexity index is 1090. The lowest BCUT2D eigenvalue weighted by Gasteiger charge is -2.27. The van der Waals surface area contributed by atoms with Crippen LogP contribution < -0.4 is 0 Å². The Morgan fingerprint density at radius 3 is 2.62 bits per heavy atom. The van der Waals surface area contributed by atoms with Crippen LogP contribution in [-0.4, -0.2) is 46.5 Å². The summed E-state index contributed by atoms with van der Waals surface area (Å²) in [4.78, 5) is 36.3. The zero-order valence-electron chi connectivity index (χ0n) is 14.4. The maximum absolute atomic E-state index is 13.0. The van der Waals surface area contributed by atoms with Crippen LogP contribution in [0.3, 0.4) is 0 Å². The number of hydrogen-bond acceptors (Lipinski definition) is 4. The third-order valence-corrected chi connectivity index (χ3v) is 4.64. The van der Waals surface area contributed by atoms with E-state index in [1.807, 2.05) is 30.3 Å². The number of quaternary nitrogens is 1. The Morgan fingerprint density at radius 1 is 1.08 bits per heavy atom. The normalized spacial score (nSPS) is 15.9. The number of hydrogen-bond donors (Lipinski definition) is 1. The first kappa shape index (κ1) is 16.1. The molecule has 26 heavy (non-hydrogen) atoms. The Kier molecular flexibility index (Phi) is 3.63. The van der Waals surface area contributed by atoms with Gasteiger partial charge >= 0.3 is 5.91 Å². The van der Waals surface area contributed by atoms with E-state index in [-0.39, 0.29) is 16.2 Å². The molecular formula is C20H17N4O2+. The second kappa shape index (κ2) is 5.86. The molecule has 0 saturated carbocycles. The maximum Gasteiger partial charge on any atom is 0.361 e. The van der Waals surface area contributed by atoms with Crippen LogP contribution in [0.15, 0.2) is 65.7 Å². The van der Waals surface area contributed by atoms with Gasteiger partial charge < -0.3 is 4.98 Å². The molecule has 1 N–H and O–H groups in total. The van der Waals surface area contributed by atoms with E-state index in [0.717, 1.165) is 22.2 Å². The number of nitrogens with one attached hydrogen (secondary N) is 1. The van der Waals surface area contributed by atoms with Crippen molar-refractivity contribution >= 4 is 28.8 Å². The number of nitrogens with zero attached hydrogens (tertiary/aromatic N) is 3. The zero-order valence-corrected chi connectivity index (χ0v) is 14.4. The first-order valence-corrected chi connectivity index (χ1v) is 8.17. The summed E-state index contributed by atoms with van der Waals surface area (Å²) >= 11 is 0. The van der Waals surface area contributed by atoms with E-state index < -0.39 is 0 Å². The molecule has 0 saturated heterocycles. The van der Waals surface area contributed by atoms with Crippen molar-refractivity contribution in [1.29, 1.82) is 0 Å². The minimum atomic E-state index is -0.224. The average Bonchev–Trinajstić information content (AvgIpc) is 3.07. The molecule has 2 aromatic heterocycles. The van der Waals surface area contributed by atoms with E-state index >= 15 is 0 Å². The lowest BCUT2D eigenvalue weighted by molar-refractivity contribution is -0.764. The number of likely N-dealkylation sites (N-methyl/N-ethyl adjacent to an activating group) is 1. The number of carbonyl (C=O) groups excluding carboxylic acids is 2. The molecule has 0 aliphatic carbocycles. The van der Waals surface area contributed by atoms with Crippen molar-refractivity contribution in [1.82, 2.24) is 9.97 Å². The van der Waals surface area contributed by atoms with Crippen LogP contribution in [0.25, 0.3) is 22.2 Å². The average molecular weight is 345 g/mol. The Hall–Kier alpha value is -3.38. The van der Waals surface area contributed by atoms with Crippen LogP contribution in [0, 0.1) is 0 Å². The first-order valence-electron chi connectivity index (χ1n) is 8.17. The van der Waals surface area contributed by atoms with Crippen molar-refractivity contribution in [3.05, 3.63) is 66.3 Å². The number of Topliss-reactive ketones (excluding diaryl/α,β-unsaturated/α-hetero) is 1. The summed E-state index contributed by atoms with van der Waals surface area (Å²) in [7, 11) is 3.38. The molecular weight excluding hydrogens is 328 g/mol. The molecule has 3 heterocycles. The number of aliphatic imine (C=N–C) groups is 1. The Labute approximate surface area is 150 Å². The van der Waals surface area contributed by atoms with Gasteiger partial charge in [0.15, 0.2) is 0 Å². The summed E-state index contributed by atoms with van der Waals surface area (Å²) in [5, 5.41) is 0.930. The van der Waals surface area contributed by atoms with Crippen LogP contribution in [-0.2, 0) is 4.79 Å². The fraction of sp³-hybridized carbons (Fsp3) is 0.100. The van der Waals surface area contributed by atoms with Crippen molar-refractivity contribution in [3.8, 4) is 11.3 Å². The van der Waals surface area contributed by atoms with Gasteiger partial charge in [0.1, 0.15) is 6.21 Å². The number of ketones is 1. The number of allylic oxidation sites excluding steroid dienone is 1. The minimum Gasteiger partial charge on any atom is -0.355 e. The third-order valence-electron chi connectivity index (χ3n) is 4.64. The van der Waals surface area contributed by atoms with Crippen LogP contribution >= 0.6 is 0 Å². The third kappa shape index (κ3) is 2.57. The molecule has 0 fully saturated rings. The fourth-order valence-electron chi connectivity index (χ4n) is 3.00. The van der Waals surface area contributed by atoms with E-state index in [9.17, 15) is 9.59 Å². The second-order valence-corrected chi connectivity index (χ2v) is 6.63. The van der Waals surface area contributed by atoms with E-state index in [1.165, 1.54) is 12.4 Å². The SMILES string of the molecule is C[N+]1(C)C(=O)C=NC=C1C(=O)c1ccc2[nH]c(-c3ccncc3)cc2c1. The molecule has 3 aromatic rings. The molecule has 1 aliphatic heterocycles. The van der Waals surface area contributed by atoms with Gasteiger partial charge in [-0.1, -0.05) is 0 Å².